The molecule has 0 N–H and O–H groups in total. The van der Waals surface area contributed by atoms with E-state index in [4.69, 9.17) is 10.5 Å². The smallest absolute Gasteiger partial charge is 0.148 e. The predicted octanol–water partition coefficient (Wildman–Crippen LogP) is 1.89. The Bertz CT molecular complexity index is 605. The summed E-state index contributed by atoms with van der Waals surface area (Å²) in [6, 6.07) is 10.9. The fourth-order valence-electron chi connectivity index (χ4n) is 1.39. The van der Waals surface area contributed by atoms with Gasteiger partial charge in [0, 0.05) is 18.0 Å². The van der Waals surface area contributed by atoms with Crippen LogP contribution < -0.4 is 0 Å². The zero-order chi connectivity index (χ0) is 11.4. The van der Waals surface area contributed by atoms with Crippen LogP contribution in [0, 0.1) is 22.7 Å². The monoisotopic (exact) mass is 206 g/mol. The molecule has 0 bridgehead atoms. The van der Waals surface area contributed by atoms with E-state index in [2.05, 4.69) is 9.97 Å². The van der Waals surface area contributed by atoms with E-state index >= 15 is 0 Å². The van der Waals surface area contributed by atoms with Crippen LogP contribution in [0.1, 0.15) is 11.4 Å². The first-order valence-corrected chi connectivity index (χ1v) is 4.57. The number of nitrogens with zero attached hydrogens (tertiary/aromatic N) is 4. The molecule has 0 radical (unpaired) electrons. The van der Waals surface area contributed by atoms with E-state index in [-0.39, 0.29) is 0 Å². The van der Waals surface area contributed by atoms with Gasteiger partial charge in [-0.15, -0.1) is 0 Å². The quantitative estimate of drug-likeness (QED) is 0.714. The Morgan fingerprint density at radius 2 is 1.88 bits per heavy atom. The van der Waals surface area contributed by atoms with E-state index in [0.717, 1.165) is 5.56 Å². The Hall–Kier alpha value is -2.72. The molecule has 2 heterocycles. The summed E-state index contributed by atoms with van der Waals surface area (Å²) in [7, 11) is 0. The van der Waals surface area contributed by atoms with Crippen molar-refractivity contribution in [3.05, 3.63) is 48.0 Å². The first-order chi connectivity index (χ1) is 7.85. The highest BCUT2D eigenvalue weighted by Crippen LogP contribution is 2.21. The molecule has 0 aliphatic carbocycles. The summed E-state index contributed by atoms with van der Waals surface area (Å²) in [5.41, 5.74) is 2.16. The summed E-state index contributed by atoms with van der Waals surface area (Å²) in [5.74, 6) is 0. The van der Waals surface area contributed by atoms with Gasteiger partial charge in [0.15, 0.2) is 0 Å². The van der Waals surface area contributed by atoms with E-state index in [1.54, 1.807) is 36.7 Å². The maximum Gasteiger partial charge on any atom is 0.148 e. The highest BCUT2D eigenvalue weighted by molar-refractivity contribution is 5.68. The van der Waals surface area contributed by atoms with Gasteiger partial charge in [0.1, 0.15) is 23.5 Å². The predicted molar refractivity (Wildman–Crippen MR) is 56.9 cm³/mol. The summed E-state index contributed by atoms with van der Waals surface area (Å²) in [4.78, 5) is 7.84. The fourth-order valence-corrected chi connectivity index (χ4v) is 1.39. The molecular formula is C12H6N4. The Morgan fingerprint density at radius 1 is 1.00 bits per heavy atom. The fraction of sp³-hybridized carbons (Fsp3) is 0. The molecule has 0 saturated heterocycles. The second-order valence-electron chi connectivity index (χ2n) is 3.05. The van der Waals surface area contributed by atoms with Gasteiger partial charge in [-0.1, -0.05) is 0 Å². The van der Waals surface area contributed by atoms with E-state index in [0.29, 0.717) is 17.0 Å². The number of nitriles is 2. The molecule has 4 nitrogen and oxygen atoms in total. The molecule has 0 atom stereocenters. The average molecular weight is 206 g/mol. The molecule has 4 heteroatoms. The van der Waals surface area contributed by atoms with E-state index in [9.17, 15) is 0 Å². The third-order valence-corrected chi connectivity index (χ3v) is 2.10. The van der Waals surface area contributed by atoms with Crippen LogP contribution in [-0.2, 0) is 0 Å². The molecule has 2 rings (SSSR count). The molecule has 74 valence electrons. The van der Waals surface area contributed by atoms with Crippen molar-refractivity contribution in [3.63, 3.8) is 0 Å². The molecule has 0 fully saturated rings. The number of hydrogen-bond acceptors (Lipinski definition) is 4. The van der Waals surface area contributed by atoms with Crippen molar-refractivity contribution in [1.29, 1.82) is 10.5 Å². The maximum atomic E-state index is 8.91. The molecule has 0 saturated carbocycles. The molecule has 0 spiro atoms. The number of hydrogen-bond donors (Lipinski definition) is 0. The molecule has 0 amide bonds. The van der Waals surface area contributed by atoms with Crippen LogP contribution in [0.2, 0.25) is 0 Å². The van der Waals surface area contributed by atoms with Crippen molar-refractivity contribution in [2.24, 2.45) is 0 Å². The molecule has 2 aromatic heterocycles. The van der Waals surface area contributed by atoms with Gasteiger partial charge >= 0.3 is 0 Å². The highest BCUT2D eigenvalue weighted by Gasteiger charge is 2.05. The van der Waals surface area contributed by atoms with Gasteiger partial charge in [-0.05, 0) is 29.8 Å². The van der Waals surface area contributed by atoms with Gasteiger partial charge in [0.2, 0.25) is 0 Å². The van der Waals surface area contributed by atoms with Crippen LogP contribution in [-0.4, -0.2) is 9.97 Å². The second-order valence-corrected chi connectivity index (χ2v) is 3.05. The first-order valence-electron chi connectivity index (χ1n) is 4.57. The van der Waals surface area contributed by atoms with Crippen LogP contribution in [0.5, 0.6) is 0 Å². The van der Waals surface area contributed by atoms with Crippen molar-refractivity contribution in [1.82, 2.24) is 9.97 Å². The Kier molecular flexibility index (Phi) is 2.58. The summed E-state index contributed by atoms with van der Waals surface area (Å²) in [5, 5.41) is 17.7. The largest absolute Gasteiger partial charge is 0.246 e. The summed E-state index contributed by atoms with van der Waals surface area (Å²) in [6.45, 7) is 0. The Balaban J connectivity index is 2.60. The SMILES string of the molecule is N#Cc1cc(-c2cccnc2C#N)ccn1. The lowest BCUT2D eigenvalue weighted by atomic mass is 10.1. The summed E-state index contributed by atoms with van der Waals surface area (Å²) < 4.78 is 0. The minimum Gasteiger partial charge on any atom is -0.246 e. The number of aromatic nitrogens is 2. The summed E-state index contributed by atoms with van der Waals surface area (Å²) >= 11 is 0. The lowest BCUT2D eigenvalue weighted by molar-refractivity contribution is 1.24. The van der Waals surface area contributed by atoms with Crippen LogP contribution in [0.3, 0.4) is 0 Å². The van der Waals surface area contributed by atoms with Crippen LogP contribution in [0.4, 0.5) is 0 Å². The van der Waals surface area contributed by atoms with Crippen molar-refractivity contribution in [3.8, 4) is 23.3 Å². The van der Waals surface area contributed by atoms with Crippen molar-refractivity contribution < 1.29 is 0 Å². The first kappa shape index (κ1) is 9.82. The summed E-state index contributed by atoms with van der Waals surface area (Å²) in [6.07, 6.45) is 3.11. The molecule has 0 aromatic carbocycles. The van der Waals surface area contributed by atoms with Crippen LogP contribution in [0.15, 0.2) is 36.7 Å². The average Bonchev–Trinajstić information content (AvgIpc) is 2.38. The lowest BCUT2D eigenvalue weighted by Gasteiger charge is -2.02. The van der Waals surface area contributed by atoms with Crippen molar-refractivity contribution in [2.75, 3.05) is 0 Å². The molecular weight excluding hydrogens is 200 g/mol. The van der Waals surface area contributed by atoms with Crippen LogP contribution in [0.25, 0.3) is 11.1 Å². The topological polar surface area (TPSA) is 73.4 Å². The zero-order valence-corrected chi connectivity index (χ0v) is 8.25. The third kappa shape index (κ3) is 1.73. The maximum absolute atomic E-state index is 8.91. The molecule has 0 aliphatic heterocycles. The Labute approximate surface area is 92.4 Å². The Morgan fingerprint density at radius 3 is 2.62 bits per heavy atom. The van der Waals surface area contributed by atoms with E-state index < -0.39 is 0 Å². The number of pyridine rings is 2. The van der Waals surface area contributed by atoms with E-state index in [1.165, 1.54) is 0 Å². The second kappa shape index (κ2) is 4.20. The van der Waals surface area contributed by atoms with Gasteiger partial charge < -0.3 is 0 Å². The minimum atomic E-state index is 0.324. The van der Waals surface area contributed by atoms with E-state index in [1.807, 2.05) is 12.1 Å². The zero-order valence-electron chi connectivity index (χ0n) is 8.25. The highest BCUT2D eigenvalue weighted by atomic mass is 14.7. The van der Waals surface area contributed by atoms with Gasteiger partial charge in [0.05, 0.1) is 0 Å². The minimum absolute atomic E-state index is 0.324. The molecule has 0 unspecified atom stereocenters. The van der Waals surface area contributed by atoms with Gasteiger partial charge in [-0.2, -0.15) is 10.5 Å². The third-order valence-electron chi connectivity index (χ3n) is 2.10. The van der Waals surface area contributed by atoms with Crippen molar-refractivity contribution >= 4 is 0 Å². The molecule has 0 aliphatic rings. The standard InChI is InChI=1S/C12H6N4/c13-7-10-6-9(3-5-15-10)11-2-1-4-16-12(11)8-14/h1-6H. The lowest BCUT2D eigenvalue weighted by Crippen LogP contribution is -1.89. The molecule has 2 aromatic rings. The van der Waals surface area contributed by atoms with Gasteiger partial charge in [-0.25, -0.2) is 9.97 Å². The molecule has 16 heavy (non-hydrogen) atoms. The normalized spacial score (nSPS) is 9.12. The van der Waals surface area contributed by atoms with Crippen molar-refractivity contribution in [2.45, 2.75) is 0 Å². The van der Waals surface area contributed by atoms with Gasteiger partial charge in [0.25, 0.3) is 0 Å². The van der Waals surface area contributed by atoms with Gasteiger partial charge in [-0.3, -0.25) is 0 Å². The van der Waals surface area contributed by atoms with Crippen LogP contribution >= 0.6 is 0 Å². The number of rotatable bonds is 1.